The molecule has 3 aliphatic rings. The van der Waals surface area contributed by atoms with Crippen LogP contribution >= 0.6 is 0 Å². The number of nitrogens with zero attached hydrogens (tertiary/aromatic N) is 4. The highest BCUT2D eigenvalue weighted by Gasteiger charge is 2.28. The summed E-state index contributed by atoms with van der Waals surface area (Å²) in [5.74, 6) is -1.32. The molecule has 3 aliphatic heterocycles. The smallest absolute Gasteiger partial charge is 0.278 e. The second-order valence-electron chi connectivity index (χ2n) is 11.6. The van der Waals surface area contributed by atoms with Gasteiger partial charge in [-0.15, -0.1) is 0 Å². The average Bonchev–Trinajstić information content (AvgIpc) is 3.09. The Kier molecular flexibility index (Phi) is 9.78. The summed E-state index contributed by atoms with van der Waals surface area (Å²) in [6.07, 6.45) is 5.67. The van der Waals surface area contributed by atoms with Crippen LogP contribution in [-0.4, -0.2) is 82.2 Å². The van der Waals surface area contributed by atoms with E-state index in [0.717, 1.165) is 17.9 Å². The SMILES string of the molecule is O=C(NOC1CCCCO1)C1=CN(O)C(NCC2CCN(C(=O)c3cc(Cc4n[nH]c(=O)c5ccccc45)ccc3F)CC2)N=C1. The van der Waals surface area contributed by atoms with Crippen LogP contribution in [-0.2, 0) is 20.8 Å². The number of aliphatic imine (C=N–C) groups is 1. The molecule has 2 saturated heterocycles. The van der Waals surface area contributed by atoms with Crippen LogP contribution in [0.15, 0.2) is 64.0 Å². The molecule has 4 N–H and O–H groups in total. The first-order chi connectivity index (χ1) is 22.4. The number of halogens is 1. The number of likely N-dealkylation sites (tertiary alicyclic amines) is 1. The molecule has 2 aromatic carbocycles. The van der Waals surface area contributed by atoms with Crippen molar-refractivity contribution in [3.05, 3.63) is 87.2 Å². The van der Waals surface area contributed by atoms with Crippen LogP contribution in [0.1, 0.15) is 53.7 Å². The van der Waals surface area contributed by atoms with Crippen molar-refractivity contribution in [1.29, 1.82) is 0 Å². The lowest BCUT2D eigenvalue weighted by Gasteiger charge is -2.33. The van der Waals surface area contributed by atoms with Crippen LogP contribution in [0.2, 0.25) is 0 Å². The van der Waals surface area contributed by atoms with Crippen molar-refractivity contribution in [3.8, 4) is 0 Å². The molecule has 2 atom stereocenters. The van der Waals surface area contributed by atoms with E-state index < -0.39 is 24.3 Å². The van der Waals surface area contributed by atoms with E-state index in [1.165, 1.54) is 18.5 Å². The van der Waals surface area contributed by atoms with Gasteiger partial charge in [-0.05, 0) is 55.4 Å². The van der Waals surface area contributed by atoms with E-state index in [-0.39, 0.29) is 28.5 Å². The number of H-pyrrole nitrogens is 1. The molecule has 14 heteroatoms. The van der Waals surface area contributed by atoms with E-state index in [1.54, 1.807) is 29.2 Å². The number of aromatic amines is 1. The number of carbonyl (C=O) groups is 2. The van der Waals surface area contributed by atoms with Crippen LogP contribution in [0.3, 0.4) is 0 Å². The number of piperidine rings is 1. The summed E-state index contributed by atoms with van der Waals surface area (Å²) >= 11 is 0. The largest absolute Gasteiger partial charge is 0.350 e. The van der Waals surface area contributed by atoms with Crippen molar-refractivity contribution in [1.82, 2.24) is 31.0 Å². The Morgan fingerprint density at radius 1 is 1.11 bits per heavy atom. The highest BCUT2D eigenvalue weighted by Crippen LogP contribution is 2.23. The lowest BCUT2D eigenvalue weighted by Crippen LogP contribution is -2.47. The number of hydrogen-bond donors (Lipinski definition) is 4. The minimum Gasteiger partial charge on any atom is -0.350 e. The minimum absolute atomic E-state index is 0.00133. The van der Waals surface area contributed by atoms with Gasteiger partial charge in [0.1, 0.15) is 5.82 Å². The normalized spacial score (nSPS) is 20.5. The van der Waals surface area contributed by atoms with Gasteiger partial charge in [0.05, 0.1) is 22.2 Å². The predicted octanol–water partition coefficient (Wildman–Crippen LogP) is 2.61. The third kappa shape index (κ3) is 7.31. The summed E-state index contributed by atoms with van der Waals surface area (Å²) in [6.45, 7) is 2.00. The molecule has 0 saturated carbocycles. The van der Waals surface area contributed by atoms with Crippen molar-refractivity contribution in [2.75, 3.05) is 26.2 Å². The molecule has 6 rings (SSSR count). The van der Waals surface area contributed by atoms with Crippen molar-refractivity contribution in [2.24, 2.45) is 10.9 Å². The van der Waals surface area contributed by atoms with Gasteiger partial charge in [0, 0.05) is 56.9 Å². The number of aromatic nitrogens is 2. The van der Waals surface area contributed by atoms with Crippen molar-refractivity contribution < 1.29 is 28.8 Å². The first kappa shape index (κ1) is 31.5. The van der Waals surface area contributed by atoms with E-state index in [4.69, 9.17) is 9.57 Å². The van der Waals surface area contributed by atoms with E-state index >= 15 is 0 Å². The third-order valence-electron chi connectivity index (χ3n) is 8.46. The number of rotatable bonds is 9. The van der Waals surface area contributed by atoms with E-state index in [2.05, 4.69) is 26.0 Å². The summed E-state index contributed by atoms with van der Waals surface area (Å²) in [5, 5.41) is 22.3. The van der Waals surface area contributed by atoms with Crippen LogP contribution in [0.25, 0.3) is 10.8 Å². The summed E-state index contributed by atoms with van der Waals surface area (Å²) in [7, 11) is 0. The number of amides is 2. The number of ether oxygens (including phenoxy) is 1. The van der Waals surface area contributed by atoms with Gasteiger partial charge in [0.15, 0.2) is 12.6 Å². The first-order valence-electron chi connectivity index (χ1n) is 15.4. The number of fused-ring (bicyclic) bond motifs is 1. The molecule has 46 heavy (non-hydrogen) atoms. The summed E-state index contributed by atoms with van der Waals surface area (Å²) < 4.78 is 20.3. The molecular formula is C32H36FN7O6. The van der Waals surface area contributed by atoms with Crippen LogP contribution < -0.4 is 16.4 Å². The quantitative estimate of drug-likeness (QED) is 0.260. The zero-order chi connectivity index (χ0) is 32.0. The molecule has 13 nitrogen and oxygen atoms in total. The maximum atomic E-state index is 14.9. The van der Waals surface area contributed by atoms with Crippen LogP contribution in [0, 0.1) is 11.7 Å². The fourth-order valence-corrected chi connectivity index (χ4v) is 5.84. The number of benzene rings is 2. The van der Waals surface area contributed by atoms with Crippen molar-refractivity contribution in [2.45, 2.75) is 51.1 Å². The molecular weight excluding hydrogens is 597 g/mol. The van der Waals surface area contributed by atoms with Crippen molar-refractivity contribution in [3.63, 3.8) is 0 Å². The molecule has 1 aromatic heterocycles. The van der Waals surface area contributed by atoms with Gasteiger partial charge in [-0.3, -0.25) is 29.9 Å². The number of carbonyl (C=O) groups excluding carboxylic acids is 2. The van der Waals surface area contributed by atoms with E-state index in [1.807, 2.05) is 12.1 Å². The molecule has 2 fully saturated rings. The topological polar surface area (TPSA) is 161 Å². The molecule has 242 valence electrons. The van der Waals surface area contributed by atoms with E-state index in [9.17, 15) is 24.0 Å². The average molecular weight is 634 g/mol. The van der Waals surface area contributed by atoms with Gasteiger partial charge >= 0.3 is 0 Å². The zero-order valence-corrected chi connectivity index (χ0v) is 25.2. The van der Waals surface area contributed by atoms with Gasteiger partial charge in [-0.2, -0.15) is 5.10 Å². The Hall–Kier alpha value is -4.50. The third-order valence-corrected chi connectivity index (χ3v) is 8.46. The van der Waals surface area contributed by atoms with Gasteiger partial charge in [0.2, 0.25) is 0 Å². The molecule has 0 radical (unpaired) electrons. The van der Waals surface area contributed by atoms with Crippen molar-refractivity contribution >= 4 is 28.8 Å². The highest BCUT2D eigenvalue weighted by atomic mass is 19.1. The van der Waals surface area contributed by atoms with Crippen LogP contribution in [0.4, 0.5) is 4.39 Å². The molecule has 0 spiro atoms. The van der Waals surface area contributed by atoms with Gasteiger partial charge in [-0.1, -0.05) is 24.3 Å². The second kappa shape index (κ2) is 14.3. The standard InChI is InChI=1S/C32H36FN7O6/c33-26-9-8-21(16-27-23-5-1-2-6-24(23)30(42)37-36-27)15-25(26)31(43)39-12-10-20(11-13-39)17-34-32-35-18-22(19-40(32)44)29(41)38-46-28-7-3-4-14-45-28/h1-2,5-6,8-9,15,18-20,28,32,34,44H,3-4,7,10-14,16-17H2,(H,37,42)(H,38,41). The fourth-order valence-electron chi connectivity index (χ4n) is 5.84. The Morgan fingerprint density at radius 2 is 1.91 bits per heavy atom. The molecule has 3 aromatic rings. The monoisotopic (exact) mass is 633 g/mol. The Labute approximate surface area is 264 Å². The van der Waals surface area contributed by atoms with Gasteiger partial charge in [0.25, 0.3) is 17.4 Å². The van der Waals surface area contributed by atoms with Gasteiger partial charge in [-0.25, -0.2) is 24.9 Å². The summed E-state index contributed by atoms with van der Waals surface area (Å²) in [5.41, 5.74) is 3.52. The predicted molar refractivity (Wildman–Crippen MR) is 165 cm³/mol. The highest BCUT2D eigenvalue weighted by molar-refractivity contribution is 6.12. The summed E-state index contributed by atoms with van der Waals surface area (Å²) in [4.78, 5) is 49.1. The number of hydrogen-bond acceptors (Lipinski definition) is 10. The molecule has 2 unspecified atom stereocenters. The lowest BCUT2D eigenvalue weighted by molar-refractivity contribution is -0.198. The maximum absolute atomic E-state index is 14.9. The Bertz CT molecular complexity index is 1700. The molecule has 0 aliphatic carbocycles. The summed E-state index contributed by atoms with van der Waals surface area (Å²) in [6, 6.07) is 11.6. The fraction of sp³-hybridized carbons (Fsp3) is 0.406. The Morgan fingerprint density at radius 3 is 2.67 bits per heavy atom. The number of nitrogens with one attached hydrogen (secondary N) is 3. The molecule has 4 heterocycles. The van der Waals surface area contributed by atoms with E-state index in [0.29, 0.717) is 74.0 Å². The Balaban J connectivity index is 0.984. The first-order valence-corrected chi connectivity index (χ1v) is 15.4. The molecule has 0 bridgehead atoms. The minimum atomic E-state index is -0.773. The van der Waals surface area contributed by atoms with Crippen LogP contribution in [0.5, 0.6) is 0 Å². The second-order valence-corrected chi connectivity index (χ2v) is 11.6. The maximum Gasteiger partial charge on any atom is 0.278 e. The van der Waals surface area contributed by atoms with Gasteiger partial charge < -0.3 is 9.64 Å². The zero-order valence-electron chi connectivity index (χ0n) is 25.2. The number of hydroxylamine groups is 3. The molecule has 2 amide bonds. The lowest BCUT2D eigenvalue weighted by atomic mass is 9.95.